The number of halogens is 1. The molecule has 6 heteroatoms. The molecule has 0 aliphatic heterocycles. The van der Waals surface area contributed by atoms with Crippen molar-refractivity contribution in [2.45, 2.75) is 0 Å². The number of carbonyl (C=O) groups excluding carboxylic acids is 1. The number of hydrogen-bond acceptors (Lipinski definition) is 3. The zero-order valence-corrected chi connectivity index (χ0v) is 9.48. The normalized spacial score (nSPS) is 10.4. The molecule has 1 amide bonds. The van der Waals surface area contributed by atoms with E-state index in [0.717, 1.165) is 6.08 Å². The predicted octanol–water partition coefficient (Wildman–Crippen LogP) is 1.30. The van der Waals surface area contributed by atoms with Gasteiger partial charge in [0.25, 0.3) is 5.91 Å². The highest BCUT2D eigenvalue weighted by molar-refractivity contribution is 6.32. The smallest absolute Gasteiger partial charge is 0.328 e. The Balaban J connectivity index is 2.79. The Morgan fingerprint density at radius 1 is 1.47 bits per heavy atom. The van der Waals surface area contributed by atoms with Gasteiger partial charge in [0.2, 0.25) is 0 Å². The molecule has 1 aromatic carbocycles. The first-order valence-electron chi connectivity index (χ1n) is 4.60. The largest absolute Gasteiger partial charge is 0.482 e. The standard InChI is InChI=1S/C11H10ClNO4/c12-8-5-7(2-4-11(15)16)1-3-9(8)17-6-10(13)14/h1-5H,6H2,(H2,13,14)(H,15,16). The molecule has 0 aliphatic carbocycles. The van der Waals surface area contributed by atoms with E-state index < -0.39 is 11.9 Å². The molecule has 1 aromatic rings. The van der Waals surface area contributed by atoms with Gasteiger partial charge in [0.15, 0.2) is 6.61 Å². The van der Waals surface area contributed by atoms with Crippen LogP contribution in [0.3, 0.4) is 0 Å². The number of amides is 1. The molecule has 0 atom stereocenters. The summed E-state index contributed by atoms with van der Waals surface area (Å²) in [5.41, 5.74) is 5.53. The van der Waals surface area contributed by atoms with Crippen molar-refractivity contribution in [3.63, 3.8) is 0 Å². The number of rotatable bonds is 5. The molecule has 0 fully saturated rings. The minimum absolute atomic E-state index is 0.260. The van der Waals surface area contributed by atoms with Crippen LogP contribution in [0.1, 0.15) is 5.56 Å². The van der Waals surface area contributed by atoms with E-state index >= 15 is 0 Å². The van der Waals surface area contributed by atoms with E-state index in [-0.39, 0.29) is 11.6 Å². The lowest BCUT2D eigenvalue weighted by atomic mass is 10.2. The molecule has 0 bridgehead atoms. The number of nitrogens with two attached hydrogens (primary N) is 1. The third-order valence-electron chi connectivity index (χ3n) is 1.74. The highest BCUT2D eigenvalue weighted by atomic mass is 35.5. The van der Waals surface area contributed by atoms with E-state index in [1.165, 1.54) is 18.2 Å². The number of benzene rings is 1. The summed E-state index contributed by atoms with van der Waals surface area (Å²) >= 11 is 5.87. The highest BCUT2D eigenvalue weighted by Crippen LogP contribution is 2.25. The fraction of sp³-hybridized carbons (Fsp3) is 0.0909. The van der Waals surface area contributed by atoms with Crippen molar-refractivity contribution in [2.75, 3.05) is 6.61 Å². The summed E-state index contributed by atoms with van der Waals surface area (Å²) in [6.07, 6.45) is 2.39. The van der Waals surface area contributed by atoms with Gasteiger partial charge in [-0.2, -0.15) is 0 Å². The first-order chi connectivity index (χ1) is 7.99. The van der Waals surface area contributed by atoms with Gasteiger partial charge in [0, 0.05) is 6.08 Å². The Morgan fingerprint density at radius 3 is 2.71 bits per heavy atom. The zero-order chi connectivity index (χ0) is 12.8. The van der Waals surface area contributed by atoms with Crippen LogP contribution in [0, 0.1) is 0 Å². The van der Waals surface area contributed by atoms with Crippen molar-refractivity contribution in [2.24, 2.45) is 5.73 Å². The molecule has 3 N–H and O–H groups in total. The van der Waals surface area contributed by atoms with Crippen LogP contribution in [0.15, 0.2) is 24.3 Å². The lowest BCUT2D eigenvalue weighted by molar-refractivity contribution is -0.131. The van der Waals surface area contributed by atoms with Crippen LogP contribution >= 0.6 is 11.6 Å². The van der Waals surface area contributed by atoms with Gasteiger partial charge in [0.05, 0.1) is 5.02 Å². The summed E-state index contributed by atoms with van der Waals surface area (Å²) in [6.45, 7) is -0.260. The van der Waals surface area contributed by atoms with Crippen LogP contribution in [0.25, 0.3) is 6.08 Å². The summed E-state index contributed by atoms with van der Waals surface area (Å²) < 4.78 is 5.03. The van der Waals surface area contributed by atoms with Gasteiger partial charge in [0.1, 0.15) is 5.75 Å². The van der Waals surface area contributed by atoms with E-state index in [1.807, 2.05) is 0 Å². The fourth-order valence-corrected chi connectivity index (χ4v) is 1.30. The van der Waals surface area contributed by atoms with E-state index in [1.54, 1.807) is 6.07 Å². The second kappa shape index (κ2) is 5.91. The summed E-state index contributed by atoms with van der Waals surface area (Å²) in [6, 6.07) is 4.67. The van der Waals surface area contributed by atoms with Crippen molar-refractivity contribution < 1.29 is 19.4 Å². The molecule has 1 rings (SSSR count). The van der Waals surface area contributed by atoms with Crippen molar-refractivity contribution in [1.29, 1.82) is 0 Å². The number of ether oxygens (including phenoxy) is 1. The number of carboxylic acid groups (broad SMARTS) is 1. The minimum atomic E-state index is -1.05. The van der Waals surface area contributed by atoms with Crippen LogP contribution < -0.4 is 10.5 Å². The van der Waals surface area contributed by atoms with Crippen molar-refractivity contribution >= 4 is 29.6 Å². The maximum Gasteiger partial charge on any atom is 0.328 e. The predicted molar refractivity (Wildman–Crippen MR) is 62.8 cm³/mol. The topological polar surface area (TPSA) is 89.6 Å². The highest BCUT2D eigenvalue weighted by Gasteiger charge is 2.03. The van der Waals surface area contributed by atoms with Crippen LogP contribution in [0.2, 0.25) is 5.02 Å². The maximum absolute atomic E-state index is 10.5. The number of primary amides is 1. The van der Waals surface area contributed by atoms with E-state index in [4.69, 9.17) is 27.2 Å². The fourth-order valence-electron chi connectivity index (χ4n) is 1.05. The Morgan fingerprint density at radius 2 is 2.18 bits per heavy atom. The molecule has 0 saturated carbocycles. The molecule has 0 aromatic heterocycles. The SMILES string of the molecule is NC(=O)COc1ccc(C=CC(=O)O)cc1Cl. The quantitative estimate of drug-likeness (QED) is 0.776. The Hall–Kier alpha value is -2.01. The second-order valence-corrected chi connectivity index (χ2v) is 3.52. The lowest BCUT2D eigenvalue weighted by Crippen LogP contribution is -2.20. The maximum atomic E-state index is 10.5. The Kier molecular flexibility index (Phi) is 4.54. The van der Waals surface area contributed by atoms with Gasteiger partial charge in [-0.05, 0) is 23.8 Å². The number of carboxylic acids is 1. The zero-order valence-electron chi connectivity index (χ0n) is 8.72. The van der Waals surface area contributed by atoms with Crippen LogP contribution in [-0.4, -0.2) is 23.6 Å². The van der Waals surface area contributed by atoms with Gasteiger partial charge in [-0.3, -0.25) is 4.79 Å². The summed E-state index contributed by atoms with van der Waals surface area (Å²) in [4.78, 5) is 20.8. The molecule has 5 nitrogen and oxygen atoms in total. The molecular weight excluding hydrogens is 246 g/mol. The van der Waals surface area contributed by atoms with Crippen LogP contribution in [-0.2, 0) is 9.59 Å². The first kappa shape index (κ1) is 13.1. The van der Waals surface area contributed by atoms with Gasteiger partial charge in [-0.25, -0.2) is 4.79 Å². The van der Waals surface area contributed by atoms with E-state index in [9.17, 15) is 9.59 Å². The monoisotopic (exact) mass is 255 g/mol. The minimum Gasteiger partial charge on any atom is -0.482 e. The Labute approximate surface area is 102 Å². The average Bonchev–Trinajstić information content (AvgIpc) is 2.24. The van der Waals surface area contributed by atoms with E-state index in [2.05, 4.69) is 0 Å². The van der Waals surface area contributed by atoms with Gasteiger partial charge in [-0.1, -0.05) is 17.7 Å². The Bertz CT molecular complexity index is 471. The second-order valence-electron chi connectivity index (χ2n) is 3.12. The number of aliphatic carboxylic acids is 1. The third-order valence-corrected chi connectivity index (χ3v) is 2.04. The molecule has 0 radical (unpaired) electrons. The van der Waals surface area contributed by atoms with E-state index in [0.29, 0.717) is 11.3 Å². The van der Waals surface area contributed by atoms with Crippen LogP contribution in [0.4, 0.5) is 0 Å². The average molecular weight is 256 g/mol. The summed E-state index contributed by atoms with van der Waals surface area (Å²) in [5.74, 6) is -1.33. The molecule has 90 valence electrons. The number of carbonyl (C=O) groups is 2. The molecule has 0 aliphatic rings. The summed E-state index contributed by atoms with van der Waals surface area (Å²) in [5, 5.41) is 8.72. The molecule has 0 spiro atoms. The van der Waals surface area contributed by atoms with Crippen molar-refractivity contribution in [3.05, 3.63) is 34.9 Å². The molecule has 17 heavy (non-hydrogen) atoms. The van der Waals surface area contributed by atoms with Gasteiger partial charge < -0.3 is 15.6 Å². The first-order valence-corrected chi connectivity index (χ1v) is 4.98. The molecular formula is C11H10ClNO4. The van der Waals surface area contributed by atoms with Gasteiger partial charge >= 0.3 is 5.97 Å². The molecule has 0 saturated heterocycles. The number of hydrogen-bond donors (Lipinski definition) is 2. The van der Waals surface area contributed by atoms with Gasteiger partial charge in [-0.15, -0.1) is 0 Å². The third kappa shape index (κ3) is 4.56. The lowest BCUT2D eigenvalue weighted by Gasteiger charge is -2.06. The molecule has 0 heterocycles. The molecule has 0 unspecified atom stereocenters. The van der Waals surface area contributed by atoms with Crippen molar-refractivity contribution in [3.8, 4) is 5.75 Å². The van der Waals surface area contributed by atoms with Crippen LogP contribution in [0.5, 0.6) is 5.75 Å². The van der Waals surface area contributed by atoms with Crippen molar-refractivity contribution in [1.82, 2.24) is 0 Å². The summed E-state index contributed by atoms with van der Waals surface area (Å²) in [7, 11) is 0.